The minimum atomic E-state index is 0.363. The predicted molar refractivity (Wildman–Crippen MR) is 87.2 cm³/mol. The molecule has 1 heterocycles. The molecule has 1 aliphatic heterocycles. The monoisotopic (exact) mass is 284 g/mol. The summed E-state index contributed by atoms with van der Waals surface area (Å²) in [4.78, 5) is 2.51. The summed E-state index contributed by atoms with van der Waals surface area (Å²) in [6.07, 6.45) is 2.50. The second-order valence-electron chi connectivity index (χ2n) is 5.88. The Hall–Kier alpha value is -1.42. The first-order chi connectivity index (χ1) is 10.3. The number of likely N-dealkylation sites (tertiary alicyclic amines) is 1. The van der Waals surface area contributed by atoms with Gasteiger partial charge in [-0.2, -0.15) is 0 Å². The molecule has 3 nitrogen and oxygen atoms in total. The van der Waals surface area contributed by atoms with E-state index in [0.29, 0.717) is 18.7 Å². The van der Waals surface area contributed by atoms with Gasteiger partial charge in [0.1, 0.15) is 0 Å². The van der Waals surface area contributed by atoms with Crippen molar-refractivity contribution in [3.8, 4) is 0 Å². The summed E-state index contributed by atoms with van der Waals surface area (Å²) in [6, 6.07) is 15.6. The number of benzene rings is 2. The van der Waals surface area contributed by atoms with Gasteiger partial charge in [0, 0.05) is 32.8 Å². The SMILES string of the molecule is COC1CCN(Cc2cccc3ccccc23)C(CN)C1. The van der Waals surface area contributed by atoms with E-state index in [2.05, 4.69) is 47.4 Å². The molecule has 0 aliphatic carbocycles. The average molecular weight is 284 g/mol. The topological polar surface area (TPSA) is 38.5 Å². The van der Waals surface area contributed by atoms with Crippen LogP contribution in [0.15, 0.2) is 42.5 Å². The van der Waals surface area contributed by atoms with Gasteiger partial charge in [-0.05, 0) is 29.2 Å². The predicted octanol–water partition coefficient (Wildman–Crippen LogP) is 2.78. The molecule has 2 aromatic carbocycles. The van der Waals surface area contributed by atoms with E-state index in [1.165, 1.54) is 16.3 Å². The number of ether oxygens (including phenoxy) is 1. The zero-order chi connectivity index (χ0) is 14.7. The van der Waals surface area contributed by atoms with E-state index >= 15 is 0 Å². The van der Waals surface area contributed by atoms with Crippen LogP contribution in [0.3, 0.4) is 0 Å². The van der Waals surface area contributed by atoms with Crippen molar-refractivity contribution < 1.29 is 4.74 Å². The van der Waals surface area contributed by atoms with E-state index in [9.17, 15) is 0 Å². The van der Waals surface area contributed by atoms with Crippen molar-refractivity contribution in [2.45, 2.75) is 31.5 Å². The highest BCUT2D eigenvalue weighted by Crippen LogP contribution is 2.25. The van der Waals surface area contributed by atoms with E-state index in [1.807, 2.05) is 0 Å². The maximum Gasteiger partial charge on any atom is 0.0599 e. The van der Waals surface area contributed by atoms with Gasteiger partial charge in [-0.25, -0.2) is 0 Å². The van der Waals surface area contributed by atoms with Crippen molar-refractivity contribution in [3.63, 3.8) is 0 Å². The van der Waals surface area contributed by atoms with Gasteiger partial charge < -0.3 is 10.5 Å². The summed E-state index contributed by atoms with van der Waals surface area (Å²) >= 11 is 0. The molecule has 112 valence electrons. The fourth-order valence-corrected chi connectivity index (χ4v) is 3.38. The van der Waals surface area contributed by atoms with Gasteiger partial charge in [0.25, 0.3) is 0 Å². The lowest BCUT2D eigenvalue weighted by atomic mass is 9.97. The average Bonchev–Trinajstić information content (AvgIpc) is 2.55. The highest BCUT2D eigenvalue weighted by atomic mass is 16.5. The molecular formula is C18H24N2O. The van der Waals surface area contributed by atoms with Gasteiger partial charge in [0.05, 0.1) is 6.10 Å². The fourth-order valence-electron chi connectivity index (χ4n) is 3.38. The highest BCUT2D eigenvalue weighted by Gasteiger charge is 2.27. The van der Waals surface area contributed by atoms with E-state index in [0.717, 1.165) is 25.9 Å². The number of nitrogens with two attached hydrogens (primary N) is 1. The van der Waals surface area contributed by atoms with Crippen molar-refractivity contribution in [2.24, 2.45) is 5.73 Å². The van der Waals surface area contributed by atoms with Crippen molar-refractivity contribution >= 4 is 10.8 Å². The molecule has 2 unspecified atom stereocenters. The van der Waals surface area contributed by atoms with Crippen LogP contribution in [0.2, 0.25) is 0 Å². The smallest absolute Gasteiger partial charge is 0.0599 e. The molecule has 0 spiro atoms. The molecule has 0 radical (unpaired) electrons. The Morgan fingerprint density at radius 3 is 2.81 bits per heavy atom. The van der Waals surface area contributed by atoms with Crippen LogP contribution in [0.25, 0.3) is 10.8 Å². The normalized spacial score (nSPS) is 23.5. The second-order valence-corrected chi connectivity index (χ2v) is 5.88. The molecule has 0 saturated carbocycles. The highest BCUT2D eigenvalue weighted by molar-refractivity contribution is 5.85. The molecular weight excluding hydrogens is 260 g/mol. The fraction of sp³-hybridized carbons (Fsp3) is 0.444. The molecule has 1 aliphatic rings. The van der Waals surface area contributed by atoms with Crippen LogP contribution in [0.5, 0.6) is 0 Å². The maximum absolute atomic E-state index is 5.98. The van der Waals surface area contributed by atoms with Gasteiger partial charge in [0.2, 0.25) is 0 Å². The largest absolute Gasteiger partial charge is 0.381 e. The van der Waals surface area contributed by atoms with Crippen molar-refractivity contribution in [2.75, 3.05) is 20.2 Å². The summed E-state index contributed by atoms with van der Waals surface area (Å²) in [6.45, 7) is 2.73. The van der Waals surface area contributed by atoms with E-state index < -0.39 is 0 Å². The molecule has 0 bridgehead atoms. The Labute approximate surface area is 126 Å². The zero-order valence-electron chi connectivity index (χ0n) is 12.7. The van der Waals surface area contributed by atoms with Crippen LogP contribution < -0.4 is 5.73 Å². The van der Waals surface area contributed by atoms with Gasteiger partial charge >= 0.3 is 0 Å². The third-order valence-electron chi connectivity index (χ3n) is 4.65. The molecule has 2 atom stereocenters. The summed E-state index contributed by atoms with van der Waals surface area (Å²) in [5, 5.41) is 2.66. The zero-order valence-corrected chi connectivity index (χ0v) is 12.7. The van der Waals surface area contributed by atoms with E-state index in [-0.39, 0.29) is 0 Å². The Balaban J connectivity index is 1.81. The molecule has 2 aromatic rings. The molecule has 1 fully saturated rings. The molecule has 3 rings (SSSR count). The lowest BCUT2D eigenvalue weighted by molar-refractivity contribution is 0.0104. The summed E-state index contributed by atoms with van der Waals surface area (Å²) in [7, 11) is 1.80. The number of fused-ring (bicyclic) bond motifs is 1. The number of hydrogen-bond acceptors (Lipinski definition) is 3. The second kappa shape index (κ2) is 6.56. The van der Waals surface area contributed by atoms with Crippen molar-refractivity contribution in [3.05, 3.63) is 48.0 Å². The third-order valence-corrected chi connectivity index (χ3v) is 4.65. The molecule has 1 saturated heterocycles. The van der Waals surface area contributed by atoms with Crippen molar-refractivity contribution in [1.29, 1.82) is 0 Å². The third kappa shape index (κ3) is 3.10. The van der Waals surface area contributed by atoms with Gasteiger partial charge in [0.15, 0.2) is 0 Å². The van der Waals surface area contributed by atoms with Crippen LogP contribution >= 0.6 is 0 Å². The van der Waals surface area contributed by atoms with Crippen molar-refractivity contribution in [1.82, 2.24) is 4.90 Å². The molecule has 21 heavy (non-hydrogen) atoms. The van der Waals surface area contributed by atoms with Crippen LogP contribution in [-0.4, -0.2) is 37.2 Å². The quantitative estimate of drug-likeness (QED) is 0.938. The van der Waals surface area contributed by atoms with E-state index in [1.54, 1.807) is 7.11 Å². The van der Waals surface area contributed by atoms with Gasteiger partial charge in [-0.15, -0.1) is 0 Å². The Morgan fingerprint density at radius 2 is 2.00 bits per heavy atom. The van der Waals surface area contributed by atoms with Crippen LogP contribution in [0.4, 0.5) is 0 Å². The van der Waals surface area contributed by atoms with Crippen LogP contribution in [0, 0.1) is 0 Å². The standard InChI is InChI=1S/C18H24N2O/c1-21-17-9-10-20(16(11-17)12-19)13-15-7-4-6-14-5-2-3-8-18(14)15/h2-8,16-17H,9-13,19H2,1H3. The minimum absolute atomic E-state index is 0.363. The molecule has 0 aromatic heterocycles. The van der Waals surface area contributed by atoms with E-state index in [4.69, 9.17) is 10.5 Å². The number of methoxy groups -OCH3 is 1. The lowest BCUT2D eigenvalue weighted by Gasteiger charge is -2.38. The Bertz CT molecular complexity index is 593. The molecule has 2 N–H and O–H groups in total. The lowest BCUT2D eigenvalue weighted by Crippen LogP contribution is -2.47. The van der Waals surface area contributed by atoms with Gasteiger partial charge in [-0.3, -0.25) is 4.90 Å². The summed E-state index contributed by atoms with van der Waals surface area (Å²) in [5.41, 5.74) is 7.37. The first-order valence-electron chi connectivity index (χ1n) is 7.75. The Kier molecular flexibility index (Phi) is 4.54. The van der Waals surface area contributed by atoms with Crippen LogP contribution in [-0.2, 0) is 11.3 Å². The maximum atomic E-state index is 5.98. The number of piperidine rings is 1. The Morgan fingerprint density at radius 1 is 1.19 bits per heavy atom. The summed E-state index contributed by atoms with van der Waals surface area (Å²) < 4.78 is 5.51. The first kappa shape index (κ1) is 14.5. The molecule has 3 heteroatoms. The number of rotatable bonds is 4. The first-order valence-corrected chi connectivity index (χ1v) is 7.75. The minimum Gasteiger partial charge on any atom is -0.381 e. The summed E-state index contributed by atoms with van der Waals surface area (Å²) in [5.74, 6) is 0. The molecule has 0 amide bonds. The van der Waals surface area contributed by atoms with Gasteiger partial charge in [-0.1, -0.05) is 42.5 Å². The van der Waals surface area contributed by atoms with Crippen LogP contribution in [0.1, 0.15) is 18.4 Å². The number of hydrogen-bond donors (Lipinski definition) is 1. The number of nitrogens with zero attached hydrogens (tertiary/aromatic N) is 1.